The highest BCUT2D eigenvalue weighted by molar-refractivity contribution is 5.76. The first kappa shape index (κ1) is 14.5. The van der Waals surface area contributed by atoms with Gasteiger partial charge in [0.15, 0.2) is 0 Å². The molecular formula is C13H24N4O. The summed E-state index contributed by atoms with van der Waals surface area (Å²) in [6.45, 7) is 8.30. The van der Waals surface area contributed by atoms with Crippen LogP contribution in [-0.2, 0) is 24.2 Å². The highest BCUT2D eigenvalue weighted by Crippen LogP contribution is 2.18. The lowest BCUT2D eigenvalue weighted by Crippen LogP contribution is -2.36. The van der Waals surface area contributed by atoms with Crippen LogP contribution in [-0.4, -0.2) is 33.7 Å². The zero-order valence-corrected chi connectivity index (χ0v) is 12.0. The summed E-state index contributed by atoms with van der Waals surface area (Å²) in [6, 6.07) is 0.195. The minimum Gasteiger partial charge on any atom is -0.396 e. The number of hydrogen-bond donors (Lipinski definition) is 1. The molecule has 1 amide bonds. The molecule has 5 nitrogen and oxygen atoms in total. The summed E-state index contributed by atoms with van der Waals surface area (Å²) in [4.78, 5) is 13.8. The first-order chi connectivity index (χ1) is 8.42. The van der Waals surface area contributed by atoms with Gasteiger partial charge in [-0.15, -0.1) is 0 Å². The number of likely N-dealkylation sites (N-methyl/N-ethyl adjacent to an activating group) is 1. The molecule has 1 heterocycles. The first-order valence-corrected chi connectivity index (χ1v) is 6.51. The molecule has 2 N–H and O–H groups in total. The third-order valence-electron chi connectivity index (χ3n) is 3.30. The molecule has 102 valence electrons. The minimum absolute atomic E-state index is 0.0600. The van der Waals surface area contributed by atoms with Gasteiger partial charge < -0.3 is 10.6 Å². The lowest BCUT2D eigenvalue weighted by Gasteiger charge is -2.21. The molecular weight excluding hydrogens is 228 g/mol. The van der Waals surface area contributed by atoms with Crippen molar-refractivity contribution in [3.05, 3.63) is 11.4 Å². The maximum Gasteiger partial charge on any atom is 0.244 e. The Kier molecular flexibility index (Phi) is 4.76. The molecule has 18 heavy (non-hydrogen) atoms. The third-order valence-corrected chi connectivity index (χ3v) is 3.30. The van der Waals surface area contributed by atoms with E-state index in [2.05, 4.69) is 5.10 Å². The molecule has 0 saturated heterocycles. The summed E-state index contributed by atoms with van der Waals surface area (Å²) in [5, 5.41) is 4.42. The predicted molar refractivity (Wildman–Crippen MR) is 73.3 cm³/mol. The van der Waals surface area contributed by atoms with Gasteiger partial charge in [-0.1, -0.05) is 13.8 Å². The van der Waals surface area contributed by atoms with Crippen LogP contribution in [0.5, 0.6) is 0 Å². The molecule has 0 aliphatic heterocycles. The quantitative estimate of drug-likeness (QED) is 0.862. The van der Waals surface area contributed by atoms with Gasteiger partial charge in [0.25, 0.3) is 0 Å². The molecule has 1 rings (SSSR count). The molecule has 0 atom stereocenters. The Morgan fingerprint density at radius 3 is 2.44 bits per heavy atom. The van der Waals surface area contributed by atoms with Crippen LogP contribution >= 0.6 is 0 Å². The smallest absolute Gasteiger partial charge is 0.244 e. The number of amides is 1. The zero-order chi connectivity index (χ0) is 13.9. The maximum atomic E-state index is 12.1. The van der Waals surface area contributed by atoms with Crippen LogP contribution < -0.4 is 5.73 Å². The van der Waals surface area contributed by atoms with Gasteiger partial charge in [0.1, 0.15) is 6.54 Å². The number of anilines is 1. The van der Waals surface area contributed by atoms with Crippen LogP contribution in [0.3, 0.4) is 0 Å². The van der Waals surface area contributed by atoms with Gasteiger partial charge >= 0.3 is 0 Å². The van der Waals surface area contributed by atoms with Crippen molar-refractivity contribution in [2.45, 2.75) is 53.1 Å². The summed E-state index contributed by atoms with van der Waals surface area (Å²) < 4.78 is 1.75. The second-order valence-electron chi connectivity index (χ2n) is 4.77. The van der Waals surface area contributed by atoms with Crippen molar-refractivity contribution in [2.75, 3.05) is 12.8 Å². The van der Waals surface area contributed by atoms with Crippen LogP contribution in [0.4, 0.5) is 5.69 Å². The molecule has 1 aromatic heterocycles. The summed E-state index contributed by atoms with van der Waals surface area (Å²) in [5.41, 5.74) is 8.60. The number of rotatable bonds is 5. The summed E-state index contributed by atoms with van der Waals surface area (Å²) >= 11 is 0. The Bertz CT molecular complexity index is 423. The van der Waals surface area contributed by atoms with Crippen molar-refractivity contribution in [3.63, 3.8) is 0 Å². The third kappa shape index (κ3) is 2.83. The molecule has 0 fully saturated rings. The van der Waals surface area contributed by atoms with Crippen molar-refractivity contribution in [2.24, 2.45) is 0 Å². The highest BCUT2D eigenvalue weighted by Gasteiger charge is 2.18. The Hall–Kier alpha value is -1.52. The Morgan fingerprint density at radius 1 is 1.39 bits per heavy atom. The number of aromatic nitrogens is 2. The van der Waals surface area contributed by atoms with Gasteiger partial charge in [-0.3, -0.25) is 9.48 Å². The average Bonchev–Trinajstić information content (AvgIpc) is 2.63. The van der Waals surface area contributed by atoms with E-state index in [9.17, 15) is 4.79 Å². The summed E-state index contributed by atoms with van der Waals surface area (Å²) in [5.74, 6) is 0.0600. The molecule has 1 aromatic rings. The predicted octanol–water partition coefficient (Wildman–Crippen LogP) is 1.46. The van der Waals surface area contributed by atoms with Crippen LogP contribution in [0, 0.1) is 0 Å². The standard InChI is InChI=1S/C13H24N4O/c1-6-10-13(14)11(7-2)17(15-10)8-12(18)16(5)9(3)4/h9H,6-8,14H2,1-5H3. The maximum absolute atomic E-state index is 12.1. The number of aryl methyl sites for hydroxylation is 1. The molecule has 0 aliphatic carbocycles. The van der Waals surface area contributed by atoms with Gasteiger partial charge in [0, 0.05) is 13.1 Å². The number of carbonyl (C=O) groups is 1. The molecule has 0 saturated carbocycles. The zero-order valence-electron chi connectivity index (χ0n) is 12.0. The fourth-order valence-electron chi connectivity index (χ4n) is 1.86. The highest BCUT2D eigenvalue weighted by atomic mass is 16.2. The SMILES string of the molecule is CCc1nn(CC(=O)N(C)C(C)C)c(CC)c1N. The van der Waals surface area contributed by atoms with Crippen molar-refractivity contribution < 1.29 is 4.79 Å². The van der Waals surface area contributed by atoms with Crippen molar-refractivity contribution in [3.8, 4) is 0 Å². The van der Waals surface area contributed by atoms with E-state index in [1.165, 1.54) is 0 Å². The molecule has 0 spiro atoms. The largest absolute Gasteiger partial charge is 0.396 e. The van der Waals surface area contributed by atoms with Crippen LogP contribution in [0.25, 0.3) is 0 Å². The number of nitrogen functional groups attached to an aromatic ring is 1. The fraction of sp³-hybridized carbons (Fsp3) is 0.692. The lowest BCUT2D eigenvalue weighted by molar-refractivity contribution is -0.132. The summed E-state index contributed by atoms with van der Waals surface area (Å²) in [7, 11) is 1.81. The second kappa shape index (κ2) is 5.89. The monoisotopic (exact) mass is 252 g/mol. The van der Waals surface area contributed by atoms with Crippen LogP contribution in [0.2, 0.25) is 0 Å². The van der Waals surface area contributed by atoms with E-state index < -0.39 is 0 Å². The Morgan fingerprint density at radius 2 is 2.00 bits per heavy atom. The average molecular weight is 252 g/mol. The van der Waals surface area contributed by atoms with E-state index in [0.29, 0.717) is 0 Å². The van der Waals surface area contributed by atoms with Crippen molar-refractivity contribution in [1.29, 1.82) is 0 Å². The van der Waals surface area contributed by atoms with Crippen molar-refractivity contribution >= 4 is 11.6 Å². The van der Waals surface area contributed by atoms with Gasteiger partial charge in [-0.05, 0) is 26.7 Å². The van der Waals surface area contributed by atoms with E-state index in [0.717, 1.165) is 29.9 Å². The van der Waals surface area contributed by atoms with E-state index >= 15 is 0 Å². The summed E-state index contributed by atoms with van der Waals surface area (Å²) in [6.07, 6.45) is 1.58. The van der Waals surface area contributed by atoms with E-state index in [1.807, 2.05) is 34.7 Å². The fourth-order valence-corrected chi connectivity index (χ4v) is 1.86. The van der Waals surface area contributed by atoms with Gasteiger partial charge in [-0.25, -0.2) is 0 Å². The Labute approximate surface area is 109 Å². The number of nitrogens with two attached hydrogens (primary N) is 1. The molecule has 0 radical (unpaired) electrons. The minimum atomic E-state index is 0.0600. The van der Waals surface area contributed by atoms with Crippen molar-refractivity contribution in [1.82, 2.24) is 14.7 Å². The molecule has 5 heteroatoms. The molecule has 0 aliphatic rings. The van der Waals surface area contributed by atoms with Gasteiger partial charge in [-0.2, -0.15) is 5.10 Å². The normalized spacial score (nSPS) is 11.0. The van der Waals surface area contributed by atoms with Crippen LogP contribution in [0.1, 0.15) is 39.1 Å². The van der Waals surface area contributed by atoms with Gasteiger partial charge in [0.2, 0.25) is 5.91 Å². The topological polar surface area (TPSA) is 64.2 Å². The molecule has 0 unspecified atom stereocenters. The van der Waals surface area contributed by atoms with E-state index in [1.54, 1.807) is 9.58 Å². The molecule has 0 bridgehead atoms. The van der Waals surface area contributed by atoms with Crippen LogP contribution in [0.15, 0.2) is 0 Å². The Balaban J connectivity index is 2.94. The van der Waals surface area contributed by atoms with E-state index in [4.69, 9.17) is 5.73 Å². The molecule has 0 aromatic carbocycles. The first-order valence-electron chi connectivity index (χ1n) is 6.51. The van der Waals surface area contributed by atoms with Gasteiger partial charge in [0.05, 0.1) is 17.1 Å². The van der Waals surface area contributed by atoms with E-state index in [-0.39, 0.29) is 18.5 Å². The number of nitrogens with zero attached hydrogens (tertiary/aromatic N) is 3. The second-order valence-corrected chi connectivity index (χ2v) is 4.77. The number of carbonyl (C=O) groups excluding carboxylic acids is 1. The lowest BCUT2D eigenvalue weighted by atomic mass is 10.2. The number of hydrogen-bond acceptors (Lipinski definition) is 3.